The Morgan fingerprint density at radius 3 is 2.71 bits per heavy atom. The third kappa shape index (κ3) is 2.30. The Kier molecular flexibility index (Phi) is 3.13. The smallest absolute Gasteiger partial charge is 0.314 e. The van der Waals surface area contributed by atoms with Crippen molar-refractivity contribution in [2.24, 2.45) is 0 Å². The van der Waals surface area contributed by atoms with E-state index in [9.17, 15) is 4.79 Å². The van der Waals surface area contributed by atoms with Crippen LogP contribution >= 0.6 is 0 Å². The standard InChI is InChI=1S/C11H12N4O2/c1-2-9(11(16)17)10-12-14-15(13-10)8-6-4-3-5-7-8/h3-7,9H,2H2,1H3,(H,16,17). The molecule has 0 amide bonds. The molecule has 6 heteroatoms. The van der Waals surface area contributed by atoms with Crippen LogP contribution < -0.4 is 0 Å². The highest BCUT2D eigenvalue weighted by atomic mass is 16.4. The van der Waals surface area contributed by atoms with E-state index in [4.69, 9.17) is 5.11 Å². The summed E-state index contributed by atoms with van der Waals surface area (Å²) in [6.07, 6.45) is 0.440. The molecular formula is C11H12N4O2. The average Bonchev–Trinajstić information content (AvgIpc) is 2.80. The molecule has 0 saturated carbocycles. The summed E-state index contributed by atoms with van der Waals surface area (Å²) in [4.78, 5) is 12.3. The fourth-order valence-corrected chi connectivity index (χ4v) is 1.50. The second kappa shape index (κ2) is 4.73. The van der Waals surface area contributed by atoms with Crippen molar-refractivity contribution in [2.45, 2.75) is 19.3 Å². The maximum absolute atomic E-state index is 11.0. The maximum Gasteiger partial charge on any atom is 0.314 e. The summed E-state index contributed by atoms with van der Waals surface area (Å²) < 4.78 is 0. The number of hydrogen-bond acceptors (Lipinski definition) is 4. The Morgan fingerprint density at radius 1 is 1.41 bits per heavy atom. The minimum Gasteiger partial charge on any atom is -0.481 e. The lowest BCUT2D eigenvalue weighted by molar-refractivity contribution is -0.139. The van der Waals surface area contributed by atoms with Crippen molar-refractivity contribution in [3.05, 3.63) is 36.2 Å². The van der Waals surface area contributed by atoms with Crippen LogP contribution in [0.25, 0.3) is 5.69 Å². The van der Waals surface area contributed by atoms with Gasteiger partial charge in [-0.3, -0.25) is 4.79 Å². The highest BCUT2D eigenvalue weighted by molar-refractivity contribution is 5.74. The molecule has 0 radical (unpaired) electrons. The fourth-order valence-electron chi connectivity index (χ4n) is 1.50. The molecule has 88 valence electrons. The van der Waals surface area contributed by atoms with E-state index in [0.29, 0.717) is 6.42 Å². The fraction of sp³-hybridized carbons (Fsp3) is 0.273. The lowest BCUT2D eigenvalue weighted by atomic mass is 10.1. The van der Waals surface area contributed by atoms with E-state index >= 15 is 0 Å². The zero-order valence-electron chi connectivity index (χ0n) is 9.32. The van der Waals surface area contributed by atoms with E-state index < -0.39 is 11.9 Å². The van der Waals surface area contributed by atoms with Crippen LogP contribution in [0.3, 0.4) is 0 Å². The number of aliphatic carboxylic acids is 1. The largest absolute Gasteiger partial charge is 0.481 e. The van der Waals surface area contributed by atoms with Crippen LogP contribution in [0.5, 0.6) is 0 Å². The number of carboxylic acid groups (broad SMARTS) is 1. The van der Waals surface area contributed by atoms with Crippen LogP contribution in [0.1, 0.15) is 25.1 Å². The first-order valence-electron chi connectivity index (χ1n) is 5.30. The van der Waals surface area contributed by atoms with Gasteiger partial charge in [-0.2, -0.15) is 0 Å². The van der Waals surface area contributed by atoms with Crippen LogP contribution in [0.15, 0.2) is 30.3 Å². The van der Waals surface area contributed by atoms with Gasteiger partial charge in [-0.15, -0.1) is 15.0 Å². The predicted octanol–water partition coefficient (Wildman–Crippen LogP) is 1.24. The highest BCUT2D eigenvalue weighted by Crippen LogP contribution is 2.15. The zero-order chi connectivity index (χ0) is 12.3. The number of hydrogen-bond donors (Lipinski definition) is 1. The number of benzene rings is 1. The van der Waals surface area contributed by atoms with Crippen LogP contribution in [-0.2, 0) is 4.79 Å². The van der Waals surface area contributed by atoms with E-state index in [1.807, 2.05) is 30.3 Å². The summed E-state index contributed by atoms with van der Waals surface area (Å²) in [5.74, 6) is -1.39. The van der Waals surface area contributed by atoms with Crippen LogP contribution in [0.2, 0.25) is 0 Å². The second-order valence-electron chi connectivity index (χ2n) is 3.57. The van der Waals surface area contributed by atoms with E-state index in [1.165, 1.54) is 4.80 Å². The molecule has 0 spiro atoms. The summed E-state index contributed by atoms with van der Waals surface area (Å²) in [5.41, 5.74) is 0.756. The molecule has 0 aliphatic carbocycles. The maximum atomic E-state index is 11.0. The molecule has 0 saturated heterocycles. The van der Waals surface area contributed by atoms with Gasteiger partial charge in [0, 0.05) is 0 Å². The quantitative estimate of drug-likeness (QED) is 0.857. The Labute approximate surface area is 97.9 Å². The molecule has 1 aromatic carbocycles. The Bertz CT molecular complexity index is 509. The summed E-state index contributed by atoms with van der Waals surface area (Å²) >= 11 is 0. The first-order chi connectivity index (χ1) is 8.22. The summed E-state index contributed by atoms with van der Waals surface area (Å²) in [6.45, 7) is 1.78. The first kappa shape index (κ1) is 11.3. The van der Waals surface area contributed by atoms with Crippen molar-refractivity contribution in [1.29, 1.82) is 0 Å². The molecular weight excluding hydrogens is 220 g/mol. The van der Waals surface area contributed by atoms with E-state index in [1.54, 1.807) is 6.92 Å². The normalized spacial score (nSPS) is 12.3. The van der Waals surface area contributed by atoms with Gasteiger partial charge < -0.3 is 5.11 Å². The van der Waals surface area contributed by atoms with Crippen molar-refractivity contribution in [1.82, 2.24) is 20.2 Å². The van der Waals surface area contributed by atoms with Gasteiger partial charge in [0.2, 0.25) is 0 Å². The molecule has 1 atom stereocenters. The van der Waals surface area contributed by atoms with Crippen molar-refractivity contribution in [2.75, 3.05) is 0 Å². The minimum atomic E-state index is -0.930. The third-order valence-corrected chi connectivity index (χ3v) is 2.43. The van der Waals surface area contributed by atoms with Gasteiger partial charge >= 0.3 is 5.97 Å². The Morgan fingerprint density at radius 2 is 2.12 bits per heavy atom. The molecule has 17 heavy (non-hydrogen) atoms. The number of carboxylic acids is 1. The molecule has 0 fully saturated rings. The predicted molar refractivity (Wildman–Crippen MR) is 59.8 cm³/mol. The molecule has 2 aromatic rings. The highest BCUT2D eigenvalue weighted by Gasteiger charge is 2.22. The lowest BCUT2D eigenvalue weighted by Crippen LogP contribution is -2.12. The van der Waals surface area contributed by atoms with Gasteiger partial charge in [0.25, 0.3) is 0 Å². The SMILES string of the molecule is CCC(C(=O)O)c1nnn(-c2ccccc2)n1. The van der Waals surface area contributed by atoms with Crippen molar-refractivity contribution < 1.29 is 9.90 Å². The molecule has 0 aliphatic rings. The Hall–Kier alpha value is -2.24. The van der Waals surface area contributed by atoms with Gasteiger partial charge in [0.05, 0.1) is 5.69 Å². The lowest BCUT2D eigenvalue weighted by Gasteiger charge is -2.02. The third-order valence-electron chi connectivity index (χ3n) is 2.43. The Balaban J connectivity index is 2.30. The number of rotatable bonds is 4. The summed E-state index contributed by atoms with van der Waals surface area (Å²) in [5, 5.41) is 20.7. The van der Waals surface area contributed by atoms with Crippen molar-refractivity contribution in [3.63, 3.8) is 0 Å². The molecule has 6 nitrogen and oxygen atoms in total. The van der Waals surface area contributed by atoms with E-state index in [-0.39, 0.29) is 5.82 Å². The van der Waals surface area contributed by atoms with Crippen molar-refractivity contribution >= 4 is 5.97 Å². The second-order valence-corrected chi connectivity index (χ2v) is 3.57. The molecule has 1 N–H and O–H groups in total. The van der Waals surface area contributed by atoms with Gasteiger partial charge in [-0.05, 0) is 23.8 Å². The molecule has 1 heterocycles. The zero-order valence-corrected chi connectivity index (χ0v) is 9.32. The summed E-state index contributed by atoms with van der Waals surface area (Å²) in [7, 11) is 0. The van der Waals surface area contributed by atoms with E-state index in [2.05, 4.69) is 15.4 Å². The van der Waals surface area contributed by atoms with Crippen LogP contribution in [0.4, 0.5) is 0 Å². The number of nitrogens with zero attached hydrogens (tertiary/aromatic N) is 4. The van der Waals surface area contributed by atoms with Gasteiger partial charge in [-0.25, -0.2) is 0 Å². The van der Waals surface area contributed by atoms with Gasteiger partial charge in [0.1, 0.15) is 5.92 Å². The summed E-state index contributed by atoms with van der Waals surface area (Å²) in [6, 6.07) is 9.24. The first-order valence-corrected chi connectivity index (χ1v) is 5.30. The number of aromatic nitrogens is 4. The average molecular weight is 232 g/mol. The number of tetrazole rings is 1. The molecule has 1 unspecified atom stereocenters. The van der Waals surface area contributed by atoms with Crippen LogP contribution in [0, 0.1) is 0 Å². The van der Waals surface area contributed by atoms with E-state index in [0.717, 1.165) is 5.69 Å². The minimum absolute atomic E-state index is 0.240. The monoisotopic (exact) mass is 232 g/mol. The molecule has 2 rings (SSSR count). The molecule has 0 bridgehead atoms. The number of carbonyl (C=O) groups is 1. The molecule has 1 aromatic heterocycles. The number of para-hydroxylation sites is 1. The van der Waals surface area contributed by atoms with Crippen molar-refractivity contribution in [3.8, 4) is 5.69 Å². The van der Waals surface area contributed by atoms with Gasteiger partial charge in [0.15, 0.2) is 5.82 Å². The molecule has 0 aliphatic heterocycles. The van der Waals surface area contributed by atoms with Gasteiger partial charge in [-0.1, -0.05) is 25.1 Å². The topological polar surface area (TPSA) is 80.9 Å². The van der Waals surface area contributed by atoms with Crippen LogP contribution in [-0.4, -0.2) is 31.3 Å².